The zero-order chi connectivity index (χ0) is 9.26. The molecule has 2 atom stereocenters. The molecule has 0 aromatic heterocycles. The largest absolute Gasteiger partial charge is 0.508 e. The van der Waals surface area contributed by atoms with Gasteiger partial charge in [-0.25, -0.2) is 0 Å². The summed E-state index contributed by atoms with van der Waals surface area (Å²) in [6.07, 6.45) is 1.12. The van der Waals surface area contributed by atoms with E-state index in [1.165, 1.54) is 0 Å². The van der Waals surface area contributed by atoms with Crippen LogP contribution in [0.3, 0.4) is 0 Å². The lowest BCUT2D eigenvalue weighted by molar-refractivity contribution is 0.456. The third-order valence-corrected chi connectivity index (χ3v) is 2.66. The van der Waals surface area contributed by atoms with Gasteiger partial charge in [-0.2, -0.15) is 0 Å². The molecule has 1 aromatic carbocycles. The van der Waals surface area contributed by atoms with Gasteiger partial charge in [0.1, 0.15) is 5.75 Å². The predicted octanol–water partition coefficient (Wildman–Crippen LogP) is 2.06. The lowest BCUT2D eigenvalue weighted by Gasteiger charge is -2.11. The van der Waals surface area contributed by atoms with Crippen molar-refractivity contribution in [2.45, 2.75) is 19.4 Å². The first-order valence-corrected chi connectivity index (χ1v) is 4.78. The fraction of sp³-hybridized carbons (Fsp3) is 0.455. The maximum absolute atomic E-state index is 9.62. The van der Waals surface area contributed by atoms with Crippen molar-refractivity contribution in [2.24, 2.45) is 5.92 Å². The van der Waals surface area contributed by atoms with Gasteiger partial charge in [0.2, 0.25) is 0 Å². The molecule has 1 heterocycles. The Hall–Kier alpha value is -1.02. The second kappa shape index (κ2) is 3.38. The highest BCUT2D eigenvalue weighted by molar-refractivity contribution is 5.35. The number of phenolic OH excluding ortho intramolecular Hbond substituents is 1. The van der Waals surface area contributed by atoms with E-state index >= 15 is 0 Å². The molecule has 1 fully saturated rings. The Morgan fingerprint density at radius 2 is 2.15 bits per heavy atom. The molecule has 13 heavy (non-hydrogen) atoms. The fourth-order valence-electron chi connectivity index (χ4n) is 1.93. The number of para-hydroxylation sites is 1. The molecule has 0 amide bonds. The van der Waals surface area contributed by atoms with Gasteiger partial charge in [0, 0.05) is 11.6 Å². The van der Waals surface area contributed by atoms with E-state index in [1.807, 2.05) is 18.2 Å². The zero-order valence-electron chi connectivity index (χ0n) is 7.83. The average molecular weight is 177 g/mol. The minimum atomic E-state index is 0.344. The highest BCUT2D eigenvalue weighted by Crippen LogP contribution is 2.31. The summed E-state index contributed by atoms with van der Waals surface area (Å²) in [6.45, 7) is 3.28. The van der Waals surface area contributed by atoms with E-state index in [1.54, 1.807) is 6.07 Å². The first kappa shape index (κ1) is 8.57. The summed E-state index contributed by atoms with van der Waals surface area (Å²) in [4.78, 5) is 0. The zero-order valence-corrected chi connectivity index (χ0v) is 7.83. The number of rotatable bonds is 1. The molecule has 0 spiro atoms. The normalized spacial score (nSPS) is 27.8. The lowest BCUT2D eigenvalue weighted by atomic mass is 10.0. The first-order valence-electron chi connectivity index (χ1n) is 4.78. The van der Waals surface area contributed by atoms with Crippen molar-refractivity contribution in [2.75, 3.05) is 6.54 Å². The van der Waals surface area contributed by atoms with Crippen molar-refractivity contribution < 1.29 is 5.11 Å². The minimum absolute atomic E-state index is 0.344. The number of nitrogens with one attached hydrogen (secondary N) is 1. The van der Waals surface area contributed by atoms with Crippen molar-refractivity contribution >= 4 is 0 Å². The maximum Gasteiger partial charge on any atom is 0.120 e. The summed E-state index contributed by atoms with van der Waals surface area (Å²) in [6, 6.07) is 7.92. The smallest absolute Gasteiger partial charge is 0.120 e. The SMILES string of the molecule is C[C@H]1CN[C@H](c2ccccc2O)C1. The standard InChI is InChI=1S/C11H15NO/c1-8-6-10(12-7-8)9-4-2-3-5-11(9)13/h2-5,8,10,12-13H,6-7H2,1H3/t8-,10+/m1/s1. The summed E-state index contributed by atoms with van der Waals surface area (Å²) < 4.78 is 0. The monoisotopic (exact) mass is 177 g/mol. The van der Waals surface area contributed by atoms with Crippen LogP contribution in [0.25, 0.3) is 0 Å². The lowest BCUT2D eigenvalue weighted by Crippen LogP contribution is -2.13. The highest BCUT2D eigenvalue weighted by atomic mass is 16.3. The fourth-order valence-corrected chi connectivity index (χ4v) is 1.93. The van der Waals surface area contributed by atoms with Crippen molar-refractivity contribution in [1.82, 2.24) is 5.32 Å². The maximum atomic E-state index is 9.62. The van der Waals surface area contributed by atoms with E-state index in [9.17, 15) is 5.11 Å². The third-order valence-electron chi connectivity index (χ3n) is 2.66. The van der Waals surface area contributed by atoms with E-state index < -0.39 is 0 Å². The van der Waals surface area contributed by atoms with Crippen molar-refractivity contribution in [3.8, 4) is 5.75 Å². The molecule has 1 aromatic rings. The van der Waals surface area contributed by atoms with E-state index in [0.717, 1.165) is 18.5 Å². The van der Waals surface area contributed by atoms with E-state index in [2.05, 4.69) is 12.2 Å². The van der Waals surface area contributed by atoms with Gasteiger partial charge in [-0.1, -0.05) is 25.1 Å². The predicted molar refractivity (Wildman–Crippen MR) is 52.6 cm³/mol. The topological polar surface area (TPSA) is 32.3 Å². The molecule has 0 unspecified atom stereocenters. The van der Waals surface area contributed by atoms with Crippen LogP contribution in [0.15, 0.2) is 24.3 Å². The molecule has 1 aliphatic heterocycles. The molecule has 2 N–H and O–H groups in total. The Morgan fingerprint density at radius 3 is 2.77 bits per heavy atom. The van der Waals surface area contributed by atoms with Crippen LogP contribution in [0.2, 0.25) is 0 Å². The van der Waals surface area contributed by atoms with Gasteiger partial charge in [-0.15, -0.1) is 0 Å². The Morgan fingerprint density at radius 1 is 1.38 bits per heavy atom. The molecule has 2 heteroatoms. The molecule has 1 saturated heterocycles. The molecule has 70 valence electrons. The van der Waals surface area contributed by atoms with Gasteiger partial charge in [0.05, 0.1) is 0 Å². The molecule has 2 rings (SSSR count). The van der Waals surface area contributed by atoms with Crippen molar-refractivity contribution in [3.05, 3.63) is 29.8 Å². The molecular weight excluding hydrogens is 162 g/mol. The molecule has 2 nitrogen and oxygen atoms in total. The van der Waals surface area contributed by atoms with Gasteiger partial charge in [-0.05, 0) is 24.9 Å². The quantitative estimate of drug-likeness (QED) is 0.688. The van der Waals surface area contributed by atoms with Crippen LogP contribution in [0.5, 0.6) is 5.75 Å². The van der Waals surface area contributed by atoms with Crippen LogP contribution in [-0.4, -0.2) is 11.7 Å². The van der Waals surface area contributed by atoms with E-state index in [4.69, 9.17) is 0 Å². The van der Waals surface area contributed by atoms with Crippen molar-refractivity contribution in [1.29, 1.82) is 0 Å². The molecule has 1 aliphatic rings. The van der Waals surface area contributed by atoms with Gasteiger partial charge in [0.15, 0.2) is 0 Å². The van der Waals surface area contributed by atoms with Gasteiger partial charge >= 0.3 is 0 Å². The Labute approximate surface area is 78.6 Å². The van der Waals surface area contributed by atoms with Crippen LogP contribution in [0, 0.1) is 5.92 Å². The number of benzene rings is 1. The third kappa shape index (κ3) is 1.68. The number of hydrogen-bond acceptors (Lipinski definition) is 2. The van der Waals surface area contributed by atoms with Crippen LogP contribution in [-0.2, 0) is 0 Å². The van der Waals surface area contributed by atoms with Crippen LogP contribution < -0.4 is 5.32 Å². The Bertz CT molecular complexity index is 298. The Balaban J connectivity index is 2.21. The summed E-state index contributed by atoms with van der Waals surface area (Å²) in [5.41, 5.74) is 1.03. The Kier molecular flexibility index (Phi) is 2.23. The molecule has 0 bridgehead atoms. The van der Waals surface area contributed by atoms with Crippen molar-refractivity contribution in [3.63, 3.8) is 0 Å². The molecular formula is C11H15NO. The summed E-state index contributed by atoms with van der Waals surface area (Å²) >= 11 is 0. The summed E-state index contributed by atoms with van der Waals surface area (Å²) in [5, 5.41) is 13.0. The second-order valence-electron chi connectivity index (χ2n) is 3.86. The summed E-state index contributed by atoms with van der Waals surface area (Å²) in [5.74, 6) is 1.12. The average Bonchev–Trinajstić information content (AvgIpc) is 2.53. The minimum Gasteiger partial charge on any atom is -0.508 e. The van der Waals surface area contributed by atoms with E-state index in [-0.39, 0.29) is 0 Å². The number of hydrogen-bond donors (Lipinski definition) is 2. The molecule has 0 radical (unpaired) electrons. The van der Waals surface area contributed by atoms with Gasteiger partial charge in [0.25, 0.3) is 0 Å². The second-order valence-corrected chi connectivity index (χ2v) is 3.86. The van der Waals surface area contributed by atoms with Gasteiger partial charge in [-0.3, -0.25) is 0 Å². The van der Waals surface area contributed by atoms with Crippen LogP contribution in [0.1, 0.15) is 24.9 Å². The summed E-state index contributed by atoms with van der Waals surface area (Å²) in [7, 11) is 0. The number of aromatic hydroxyl groups is 1. The van der Waals surface area contributed by atoms with Crippen LogP contribution in [0.4, 0.5) is 0 Å². The first-order chi connectivity index (χ1) is 6.27. The highest BCUT2D eigenvalue weighted by Gasteiger charge is 2.23. The number of phenols is 1. The van der Waals surface area contributed by atoms with Crippen LogP contribution >= 0.6 is 0 Å². The van der Waals surface area contributed by atoms with E-state index in [0.29, 0.717) is 17.7 Å². The molecule has 0 saturated carbocycles. The molecule has 0 aliphatic carbocycles. The van der Waals surface area contributed by atoms with Gasteiger partial charge < -0.3 is 10.4 Å².